The molecule has 3 nitrogen and oxygen atoms in total. The van der Waals surface area contributed by atoms with Crippen molar-refractivity contribution in [1.29, 1.82) is 0 Å². The molecular formula is C67H61N3. The number of aromatic nitrogens is 1. The lowest BCUT2D eigenvalue weighted by Gasteiger charge is -2.27. The number of hydrogen-bond acceptors (Lipinski definition) is 2. The summed E-state index contributed by atoms with van der Waals surface area (Å²) in [5.41, 5.74) is 19.4. The smallest absolute Gasteiger partial charge is 0.0620 e. The normalized spacial score (nSPS) is 11.2. The van der Waals surface area contributed by atoms with Crippen molar-refractivity contribution in [2.45, 2.75) is 62.3 Å². The molecule has 0 radical (unpaired) electrons. The van der Waals surface area contributed by atoms with Gasteiger partial charge in [-0.3, -0.25) is 0 Å². The van der Waals surface area contributed by atoms with E-state index in [1.54, 1.807) is 0 Å². The van der Waals surface area contributed by atoms with E-state index in [0.717, 1.165) is 22.7 Å². The molecule has 0 aliphatic carbocycles. The summed E-state index contributed by atoms with van der Waals surface area (Å²) in [7, 11) is 0. The van der Waals surface area contributed by atoms with Gasteiger partial charge in [0.1, 0.15) is 0 Å². The zero-order valence-electron chi connectivity index (χ0n) is 42.0. The predicted molar refractivity (Wildman–Crippen MR) is 306 cm³/mol. The van der Waals surface area contributed by atoms with Crippen molar-refractivity contribution in [3.63, 3.8) is 0 Å². The third-order valence-electron chi connectivity index (χ3n) is 13.7. The molecule has 0 N–H and O–H groups in total. The van der Waals surface area contributed by atoms with E-state index in [1.165, 1.54) is 110 Å². The summed E-state index contributed by atoms with van der Waals surface area (Å²) in [5, 5.41) is 9.95. The Morgan fingerprint density at radius 3 is 1.21 bits per heavy atom. The second kappa shape index (κ2) is 19.1. The number of nitrogens with zero attached hydrogens (tertiary/aromatic N) is 3. The van der Waals surface area contributed by atoms with Crippen molar-refractivity contribution in [2.75, 3.05) is 9.80 Å². The molecule has 3 heteroatoms. The van der Waals surface area contributed by atoms with E-state index in [-0.39, 0.29) is 0 Å². The molecule has 0 spiro atoms. The third kappa shape index (κ3) is 8.32. The SMILES string of the molecule is CC.CC=C(C)C.Cc1ccc(C)c(N(c2ccccc2)c2ccc3cc4c5cc(-c6ccccc6)cc6c7cc8ccc(N(c9ccccc9)c9cc(C)ccc9C)cc8cc7n(c4cc3c2)c56)c1. The molecule has 0 amide bonds. The van der Waals surface area contributed by atoms with Crippen LogP contribution in [0.4, 0.5) is 34.1 Å². The average Bonchev–Trinajstić information content (AvgIpc) is 3.89. The van der Waals surface area contributed by atoms with Gasteiger partial charge in [-0.15, -0.1) is 0 Å². The van der Waals surface area contributed by atoms with Crippen LogP contribution in [0.1, 0.15) is 56.9 Å². The number of allylic oxidation sites excluding steroid dienone is 2. The minimum absolute atomic E-state index is 1.14. The lowest BCUT2D eigenvalue weighted by molar-refractivity contribution is 1.24. The van der Waals surface area contributed by atoms with Crippen LogP contribution in [0.5, 0.6) is 0 Å². The van der Waals surface area contributed by atoms with E-state index in [9.17, 15) is 0 Å². The standard InChI is InChI=1S/C60H45N3.C5H10.C2H6/c1-38-20-22-40(3)56(28-38)61(48-16-10-6-11-17-48)50-26-24-43-32-52-54-34-47(42-14-8-5-9-15-42)35-55-53-33-44-25-27-51(31-46(44)37-59(53)63(60(54)55)58(52)36-45(43)30-50)62(49-18-12-7-13-19-49)57-29-39(2)21-23-41(57)4;1-4-5(2)3;1-2/h5-37H,1-4H3;4H,1-3H3;1-2H3. The van der Waals surface area contributed by atoms with E-state index in [0.29, 0.717) is 0 Å². The van der Waals surface area contributed by atoms with Gasteiger partial charge in [0.15, 0.2) is 0 Å². The maximum absolute atomic E-state index is 2.54. The Hall–Kier alpha value is -8.14. The summed E-state index contributed by atoms with van der Waals surface area (Å²) in [6, 6.07) is 74.2. The molecule has 0 saturated heterocycles. The predicted octanol–water partition coefficient (Wildman–Crippen LogP) is 20.0. The number of benzene rings is 10. The molecule has 0 fully saturated rings. The quantitative estimate of drug-likeness (QED) is 0.148. The first-order valence-corrected chi connectivity index (χ1v) is 24.8. The van der Waals surface area contributed by atoms with Crippen LogP contribution < -0.4 is 9.80 Å². The van der Waals surface area contributed by atoms with E-state index in [2.05, 4.69) is 262 Å². The van der Waals surface area contributed by atoms with Crippen LogP contribution in [0.15, 0.2) is 212 Å². The Bertz CT molecular complexity index is 3640. The van der Waals surface area contributed by atoms with Crippen LogP contribution in [-0.2, 0) is 0 Å². The van der Waals surface area contributed by atoms with Crippen molar-refractivity contribution in [1.82, 2.24) is 4.40 Å². The van der Waals surface area contributed by atoms with Gasteiger partial charge in [0, 0.05) is 55.7 Å². The monoisotopic (exact) mass is 907 g/mol. The van der Waals surface area contributed by atoms with Crippen molar-refractivity contribution >= 4 is 93.8 Å². The van der Waals surface area contributed by atoms with Gasteiger partial charge in [0.05, 0.1) is 16.6 Å². The molecule has 0 saturated carbocycles. The van der Waals surface area contributed by atoms with Crippen molar-refractivity contribution in [2.24, 2.45) is 0 Å². The van der Waals surface area contributed by atoms with Crippen LogP contribution >= 0.6 is 0 Å². The van der Waals surface area contributed by atoms with E-state index >= 15 is 0 Å². The first kappa shape index (κ1) is 45.6. The average molecular weight is 908 g/mol. The molecule has 0 aliphatic rings. The first-order chi connectivity index (χ1) is 34.1. The van der Waals surface area contributed by atoms with Gasteiger partial charge in [-0.25, -0.2) is 0 Å². The number of anilines is 6. The van der Waals surface area contributed by atoms with E-state index in [1.807, 2.05) is 20.8 Å². The fourth-order valence-corrected chi connectivity index (χ4v) is 10.0. The summed E-state index contributed by atoms with van der Waals surface area (Å²) >= 11 is 0. The number of para-hydroxylation sites is 2. The van der Waals surface area contributed by atoms with Crippen LogP contribution in [0.3, 0.4) is 0 Å². The van der Waals surface area contributed by atoms with Crippen molar-refractivity contribution < 1.29 is 0 Å². The molecule has 10 aromatic carbocycles. The molecule has 0 bridgehead atoms. The van der Waals surface area contributed by atoms with Gasteiger partial charge in [-0.2, -0.15) is 0 Å². The number of aryl methyl sites for hydroxylation is 4. The van der Waals surface area contributed by atoms with Crippen LogP contribution in [-0.4, -0.2) is 4.40 Å². The zero-order valence-corrected chi connectivity index (χ0v) is 42.0. The van der Waals surface area contributed by atoms with Crippen LogP contribution in [0.25, 0.3) is 70.8 Å². The highest BCUT2D eigenvalue weighted by Gasteiger charge is 2.22. The summed E-state index contributed by atoms with van der Waals surface area (Å²) in [6.07, 6.45) is 2.08. The summed E-state index contributed by atoms with van der Waals surface area (Å²) in [4.78, 5) is 4.81. The van der Waals surface area contributed by atoms with Gasteiger partial charge in [0.2, 0.25) is 0 Å². The van der Waals surface area contributed by atoms with Crippen LogP contribution in [0.2, 0.25) is 0 Å². The molecule has 2 aromatic heterocycles. The molecule has 12 rings (SSSR count). The Morgan fingerprint density at radius 1 is 0.386 bits per heavy atom. The van der Waals surface area contributed by atoms with Gasteiger partial charge < -0.3 is 14.2 Å². The van der Waals surface area contributed by atoms with Crippen molar-refractivity contribution in [3.05, 3.63) is 234 Å². The van der Waals surface area contributed by atoms with Crippen LogP contribution in [0, 0.1) is 27.7 Å². The zero-order chi connectivity index (χ0) is 48.6. The Morgan fingerprint density at radius 2 is 0.800 bits per heavy atom. The summed E-state index contributed by atoms with van der Waals surface area (Å²) < 4.78 is 2.54. The molecule has 344 valence electrons. The number of fused-ring (bicyclic) bond motifs is 8. The molecule has 0 aliphatic heterocycles. The highest BCUT2D eigenvalue weighted by molar-refractivity contribution is 6.27. The Labute approximate surface area is 413 Å². The second-order valence-corrected chi connectivity index (χ2v) is 18.7. The lowest BCUT2D eigenvalue weighted by atomic mass is 9.97. The van der Waals surface area contributed by atoms with Gasteiger partial charge in [-0.1, -0.05) is 129 Å². The number of hydrogen-bond donors (Lipinski definition) is 0. The largest absolute Gasteiger partial charge is 0.310 e. The first-order valence-electron chi connectivity index (χ1n) is 24.8. The van der Waals surface area contributed by atoms with E-state index < -0.39 is 0 Å². The third-order valence-corrected chi connectivity index (χ3v) is 13.7. The maximum atomic E-state index is 2.54. The van der Waals surface area contributed by atoms with Gasteiger partial charge >= 0.3 is 0 Å². The fourth-order valence-electron chi connectivity index (χ4n) is 10.0. The minimum Gasteiger partial charge on any atom is -0.310 e. The van der Waals surface area contributed by atoms with E-state index in [4.69, 9.17) is 0 Å². The Balaban J connectivity index is 0.000000765. The topological polar surface area (TPSA) is 10.9 Å². The molecule has 12 aromatic rings. The Kier molecular flexibility index (Phi) is 12.4. The number of rotatable bonds is 7. The maximum Gasteiger partial charge on any atom is 0.0620 e. The van der Waals surface area contributed by atoms with Gasteiger partial charge in [-0.05, 0) is 200 Å². The molecule has 2 heterocycles. The summed E-state index contributed by atoms with van der Waals surface area (Å²) in [6.45, 7) is 19.0. The van der Waals surface area contributed by atoms with Crippen molar-refractivity contribution in [3.8, 4) is 11.1 Å². The van der Waals surface area contributed by atoms with Gasteiger partial charge in [0.25, 0.3) is 0 Å². The highest BCUT2D eigenvalue weighted by Crippen LogP contribution is 2.46. The lowest BCUT2D eigenvalue weighted by Crippen LogP contribution is -2.11. The molecule has 70 heavy (non-hydrogen) atoms. The highest BCUT2D eigenvalue weighted by atomic mass is 15.1. The molecule has 0 unspecified atom stereocenters. The fraction of sp³-hybridized carbons (Fsp3) is 0.134. The molecule has 0 atom stereocenters. The molecular weight excluding hydrogens is 847 g/mol. The minimum atomic E-state index is 1.14. The summed E-state index contributed by atoms with van der Waals surface area (Å²) in [5.74, 6) is 0. The second-order valence-electron chi connectivity index (χ2n) is 18.7.